The van der Waals surface area contributed by atoms with Gasteiger partial charge < -0.3 is 14.8 Å². The zero-order valence-electron chi connectivity index (χ0n) is 11.8. The van der Waals surface area contributed by atoms with Crippen molar-refractivity contribution in [2.24, 2.45) is 0 Å². The molecule has 2 atom stereocenters. The molecule has 5 nitrogen and oxygen atoms in total. The molecule has 2 heterocycles. The van der Waals surface area contributed by atoms with Crippen LogP contribution in [0.25, 0.3) is 11.5 Å². The van der Waals surface area contributed by atoms with Gasteiger partial charge in [0.1, 0.15) is 0 Å². The number of rotatable bonds is 7. The maximum absolute atomic E-state index is 5.42. The van der Waals surface area contributed by atoms with Crippen LogP contribution < -0.4 is 5.32 Å². The lowest BCUT2D eigenvalue weighted by molar-refractivity contribution is 0.316. The van der Waals surface area contributed by atoms with Crippen molar-refractivity contribution in [2.45, 2.75) is 45.6 Å². The van der Waals surface area contributed by atoms with E-state index in [1.165, 1.54) is 0 Å². The molecule has 0 spiro atoms. The van der Waals surface area contributed by atoms with E-state index in [4.69, 9.17) is 4.52 Å². The highest BCUT2D eigenvalue weighted by Gasteiger charge is 2.23. The molecule has 0 amide bonds. The van der Waals surface area contributed by atoms with Crippen molar-refractivity contribution in [2.75, 3.05) is 6.54 Å². The van der Waals surface area contributed by atoms with Crippen LogP contribution in [-0.2, 0) is 0 Å². The summed E-state index contributed by atoms with van der Waals surface area (Å²) in [6, 6.07) is 4.20. The van der Waals surface area contributed by atoms with Crippen LogP contribution in [0, 0.1) is 0 Å². The molecule has 2 unspecified atom stereocenters. The number of aromatic amines is 1. The van der Waals surface area contributed by atoms with Crippen LogP contribution in [0.4, 0.5) is 0 Å². The second-order valence-corrected chi connectivity index (χ2v) is 4.80. The van der Waals surface area contributed by atoms with Gasteiger partial charge in [0.25, 0.3) is 0 Å². The number of aromatic nitrogens is 3. The number of hydrogen-bond acceptors (Lipinski definition) is 4. The smallest absolute Gasteiger partial charge is 0.231 e. The van der Waals surface area contributed by atoms with Crippen LogP contribution in [0.3, 0.4) is 0 Å². The molecule has 0 aliphatic heterocycles. The number of hydrogen-bond donors (Lipinski definition) is 2. The fourth-order valence-electron chi connectivity index (χ4n) is 2.22. The van der Waals surface area contributed by atoms with Crippen molar-refractivity contribution in [1.29, 1.82) is 0 Å². The summed E-state index contributed by atoms with van der Waals surface area (Å²) >= 11 is 0. The van der Waals surface area contributed by atoms with E-state index >= 15 is 0 Å². The van der Waals surface area contributed by atoms with Crippen LogP contribution in [-0.4, -0.2) is 27.7 Å². The van der Waals surface area contributed by atoms with Gasteiger partial charge in [-0.1, -0.05) is 19.0 Å². The van der Waals surface area contributed by atoms with E-state index in [0.29, 0.717) is 17.8 Å². The minimum atomic E-state index is 0.253. The van der Waals surface area contributed by atoms with Gasteiger partial charge in [0, 0.05) is 12.2 Å². The van der Waals surface area contributed by atoms with E-state index in [2.05, 4.69) is 41.2 Å². The Morgan fingerprint density at radius 2 is 2.26 bits per heavy atom. The molecule has 0 aliphatic rings. The van der Waals surface area contributed by atoms with E-state index in [1.807, 2.05) is 18.3 Å². The predicted molar refractivity (Wildman–Crippen MR) is 74.9 cm³/mol. The lowest BCUT2D eigenvalue weighted by Gasteiger charge is -2.20. The molecule has 2 aromatic heterocycles. The Morgan fingerprint density at radius 1 is 1.42 bits per heavy atom. The fraction of sp³-hybridized carbons (Fsp3) is 0.571. The van der Waals surface area contributed by atoms with Crippen LogP contribution >= 0.6 is 0 Å². The third-order valence-electron chi connectivity index (χ3n) is 3.36. The van der Waals surface area contributed by atoms with Gasteiger partial charge >= 0.3 is 0 Å². The topological polar surface area (TPSA) is 66.7 Å². The van der Waals surface area contributed by atoms with E-state index < -0.39 is 0 Å². The molecule has 19 heavy (non-hydrogen) atoms. The van der Waals surface area contributed by atoms with Gasteiger partial charge in [-0.2, -0.15) is 4.98 Å². The van der Waals surface area contributed by atoms with Gasteiger partial charge in [0.2, 0.25) is 11.7 Å². The monoisotopic (exact) mass is 262 g/mol. The summed E-state index contributed by atoms with van der Waals surface area (Å²) in [6.07, 6.45) is 3.96. The molecule has 104 valence electrons. The maximum atomic E-state index is 5.42. The first-order valence-corrected chi connectivity index (χ1v) is 6.97. The van der Waals surface area contributed by atoms with Gasteiger partial charge in [-0.05, 0) is 38.4 Å². The Balaban J connectivity index is 2.11. The lowest BCUT2D eigenvalue weighted by Crippen LogP contribution is -2.32. The first-order valence-electron chi connectivity index (χ1n) is 6.97. The average Bonchev–Trinajstić information content (AvgIpc) is 3.07. The molecule has 0 bridgehead atoms. The second kappa shape index (κ2) is 6.52. The average molecular weight is 262 g/mol. The molecular formula is C14H22N4O. The molecule has 0 saturated carbocycles. The summed E-state index contributed by atoms with van der Waals surface area (Å²) in [5, 5.41) is 7.54. The van der Waals surface area contributed by atoms with Crippen LogP contribution in [0.2, 0.25) is 0 Å². The molecule has 0 radical (unpaired) electrons. The van der Waals surface area contributed by atoms with Gasteiger partial charge in [0.05, 0.1) is 11.6 Å². The third-order valence-corrected chi connectivity index (χ3v) is 3.36. The van der Waals surface area contributed by atoms with Crippen LogP contribution in [0.1, 0.15) is 45.4 Å². The van der Waals surface area contributed by atoms with E-state index in [9.17, 15) is 0 Å². The Hall–Kier alpha value is -1.62. The summed E-state index contributed by atoms with van der Waals surface area (Å²) in [6.45, 7) is 7.49. The standard InChI is InChI=1S/C14H22N4O/c1-4-8-15-10(3)11(5-2)14-17-13(18-19-14)12-7-6-9-16-12/h6-7,9-11,15-16H,4-5,8H2,1-3H3. The molecule has 0 saturated heterocycles. The molecule has 0 fully saturated rings. The SMILES string of the molecule is CCCNC(C)C(CC)c1nc(-c2ccc[nH]2)no1. The normalized spacial score (nSPS) is 14.5. The Morgan fingerprint density at radius 3 is 2.89 bits per heavy atom. The second-order valence-electron chi connectivity index (χ2n) is 4.80. The van der Waals surface area contributed by atoms with Gasteiger partial charge in [-0.15, -0.1) is 0 Å². The highest BCUT2D eigenvalue weighted by molar-refractivity contribution is 5.47. The Labute approximate surface area is 113 Å². The molecule has 5 heteroatoms. The van der Waals surface area contributed by atoms with Crippen LogP contribution in [0.5, 0.6) is 0 Å². The van der Waals surface area contributed by atoms with Crippen molar-refractivity contribution in [3.63, 3.8) is 0 Å². The Kier molecular flexibility index (Phi) is 4.74. The molecule has 2 aromatic rings. The molecular weight excluding hydrogens is 240 g/mol. The Bertz CT molecular complexity index is 477. The van der Waals surface area contributed by atoms with Gasteiger partial charge in [-0.25, -0.2) is 0 Å². The number of nitrogens with one attached hydrogen (secondary N) is 2. The van der Waals surface area contributed by atoms with Crippen LogP contribution in [0.15, 0.2) is 22.9 Å². The van der Waals surface area contributed by atoms with Gasteiger partial charge in [0.15, 0.2) is 0 Å². The van der Waals surface area contributed by atoms with Crippen molar-refractivity contribution in [3.8, 4) is 11.5 Å². The number of H-pyrrole nitrogens is 1. The summed E-state index contributed by atoms with van der Waals surface area (Å²) in [4.78, 5) is 7.59. The largest absolute Gasteiger partial charge is 0.359 e. The first-order chi connectivity index (χ1) is 9.26. The summed E-state index contributed by atoms with van der Waals surface area (Å²) in [7, 11) is 0. The van der Waals surface area contributed by atoms with Crippen molar-refractivity contribution in [1.82, 2.24) is 20.4 Å². The van der Waals surface area contributed by atoms with E-state index in [0.717, 1.165) is 25.1 Å². The molecule has 0 aliphatic carbocycles. The van der Waals surface area contributed by atoms with Crippen molar-refractivity contribution in [3.05, 3.63) is 24.2 Å². The minimum Gasteiger partial charge on any atom is -0.359 e. The highest BCUT2D eigenvalue weighted by atomic mass is 16.5. The fourth-order valence-corrected chi connectivity index (χ4v) is 2.22. The summed E-state index contributed by atoms with van der Waals surface area (Å²) in [5.74, 6) is 1.59. The summed E-state index contributed by atoms with van der Waals surface area (Å²) < 4.78 is 5.42. The zero-order chi connectivity index (χ0) is 13.7. The van der Waals surface area contributed by atoms with E-state index in [1.54, 1.807) is 0 Å². The third kappa shape index (κ3) is 3.23. The molecule has 0 aromatic carbocycles. The minimum absolute atomic E-state index is 0.253. The van der Waals surface area contributed by atoms with E-state index in [-0.39, 0.29) is 5.92 Å². The van der Waals surface area contributed by atoms with Gasteiger partial charge in [-0.3, -0.25) is 0 Å². The summed E-state index contributed by atoms with van der Waals surface area (Å²) in [5.41, 5.74) is 0.888. The molecule has 2 rings (SSSR count). The van der Waals surface area contributed by atoms with Crippen molar-refractivity contribution >= 4 is 0 Å². The first kappa shape index (κ1) is 13.8. The number of nitrogens with zero attached hydrogens (tertiary/aromatic N) is 2. The van der Waals surface area contributed by atoms with Crippen molar-refractivity contribution < 1.29 is 4.52 Å². The lowest BCUT2D eigenvalue weighted by atomic mass is 9.98. The maximum Gasteiger partial charge on any atom is 0.231 e. The zero-order valence-corrected chi connectivity index (χ0v) is 11.8. The highest BCUT2D eigenvalue weighted by Crippen LogP contribution is 2.24. The molecule has 2 N–H and O–H groups in total. The quantitative estimate of drug-likeness (QED) is 0.805. The predicted octanol–water partition coefficient (Wildman–Crippen LogP) is 2.95.